The minimum absolute atomic E-state index is 0. The molecule has 18 heavy (non-hydrogen) atoms. The molecule has 2 rings (SSSR count). The van der Waals surface area contributed by atoms with Crippen molar-refractivity contribution in [2.45, 2.75) is 26.7 Å². The lowest BCUT2D eigenvalue weighted by molar-refractivity contribution is 0.0915. The van der Waals surface area contributed by atoms with Gasteiger partial charge in [0.1, 0.15) is 5.76 Å². The number of amides is 1. The van der Waals surface area contributed by atoms with E-state index in [-0.39, 0.29) is 23.7 Å². The lowest BCUT2D eigenvalue weighted by atomic mass is 9.83. The van der Waals surface area contributed by atoms with Crippen molar-refractivity contribution in [3.05, 3.63) is 17.5 Å². The second-order valence-electron chi connectivity index (χ2n) is 5.10. The van der Waals surface area contributed by atoms with Crippen LogP contribution >= 0.6 is 12.4 Å². The zero-order valence-electron chi connectivity index (χ0n) is 10.8. The number of hydrogen-bond acceptors (Lipinski definition) is 4. The van der Waals surface area contributed by atoms with Crippen LogP contribution in [0.4, 0.5) is 0 Å². The molecule has 1 amide bonds. The summed E-state index contributed by atoms with van der Waals surface area (Å²) in [4.78, 5) is 11.8. The molecule has 0 bridgehead atoms. The monoisotopic (exact) mass is 273 g/mol. The Bertz CT molecular complexity index is 400. The Kier molecular flexibility index (Phi) is 5.16. The maximum absolute atomic E-state index is 11.8. The largest absolute Gasteiger partial charge is 0.361 e. The zero-order chi connectivity index (χ0) is 12.3. The van der Waals surface area contributed by atoms with E-state index in [2.05, 4.69) is 22.7 Å². The number of nitrogens with one attached hydrogen (secondary N) is 2. The standard InChI is InChI=1S/C12H19N3O2.ClH/c1-9-6-10(15-17-9)11(16)14-8-12(2)4-3-5-13-7-12;/h6,13H,3-5,7-8H2,1-2H3,(H,14,16);1H. The average molecular weight is 274 g/mol. The highest BCUT2D eigenvalue weighted by Gasteiger charge is 2.27. The van der Waals surface area contributed by atoms with Gasteiger partial charge in [0.2, 0.25) is 0 Å². The van der Waals surface area contributed by atoms with Crippen LogP contribution in [0.1, 0.15) is 36.0 Å². The van der Waals surface area contributed by atoms with Crippen LogP contribution in [0.25, 0.3) is 0 Å². The smallest absolute Gasteiger partial charge is 0.273 e. The van der Waals surface area contributed by atoms with Crippen molar-refractivity contribution in [1.82, 2.24) is 15.8 Å². The normalized spacial score (nSPS) is 23.2. The van der Waals surface area contributed by atoms with Crippen molar-refractivity contribution in [2.75, 3.05) is 19.6 Å². The van der Waals surface area contributed by atoms with Crippen LogP contribution in [0.15, 0.2) is 10.6 Å². The van der Waals surface area contributed by atoms with Crippen LogP contribution < -0.4 is 10.6 Å². The number of carbonyl (C=O) groups is 1. The second-order valence-corrected chi connectivity index (χ2v) is 5.10. The van der Waals surface area contributed by atoms with Gasteiger partial charge in [0.05, 0.1) is 0 Å². The molecule has 0 spiro atoms. The third kappa shape index (κ3) is 3.71. The van der Waals surface area contributed by atoms with E-state index in [4.69, 9.17) is 4.52 Å². The highest BCUT2D eigenvalue weighted by molar-refractivity contribution is 5.92. The van der Waals surface area contributed by atoms with Crippen molar-refractivity contribution in [1.29, 1.82) is 0 Å². The predicted octanol–water partition coefficient (Wildman–Crippen LogP) is 1.52. The fraction of sp³-hybridized carbons (Fsp3) is 0.667. The molecule has 1 aliphatic rings. The first-order chi connectivity index (χ1) is 8.09. The second kappa shape index (κ2) is 6.20. The molecule has 102 valence electrons. The maximum atomic E-state index is 11.8. The molecule has 2 heterocycles. The van der Waals surface area contributed by atoms with Crippen molar-refractivity contribution >= 4 is 18.3 Å². The Morgan fingerprint density at radius 3 is 3.00 bits per heavy atom. The topological polar surface area (TPSA) is 67.2 Å². The summed E-state index contributed by atoms with van der Waals surface area (Å²) in [5, 5.41) is 9.98. The lowest BCUT2D eigenvalue weighted by Gasteiger charge is -2.34. The molecule has 1 atom stereocenters. The van der Waals surface area contributed by atoms with Gasteiger partial charge in [-0.2, -0.15) is 0 Å². The first kappa shape index (κ1) is 15.0. The number of aromatic nitrogens is 1. The van der Waals surface area contributed by atoms with E-state index in [1.165, 1.54) is 0 Å². The van der Waals surface area contributed by atoms with Gasteiger partial charge in [0.15, 0.2) is 5.69 Å². The molecular weight excluding hydrogens is 254 g/mol. The van der Waals surface area contributed by atoms with Gasteiger partial charge < -0.3 is 15.2 Å². The van der Waals surface area contributed by atoms with Crippen molar-refractivity contribution < 1.29 is 9.32 Å². The summed E-state index contributed by atoms with van der Waals surface area (Å²) in [7, 11) is 0. The quantitative estimate of drug-likeness (QED) is 0.876. The van der Waals surface area contributed by atoms with Gasteiger partial charge in [-0.25, -0.2) is 0 Å². The molecule has 0 radical (unpaired) electrons. The average Bonchev–Trinajstić information content (AvgIpc) is 2.74. The van der Waals surface area contributed by atoms with Crippen LogP contribution in [0.2, 0.25) is 0 Å². The summed E-state index contributed by atoms with van der Waals surface area (Å²) in [6, 6.07) is 1.65. The molecule has 0 aliphatic carbocycles. The molecule has 6 heteroatoms. The lowest BCUT2D eigenvalue weighted by Crippen LogP contribution is -2.45. The molecule has 0 aromatic carbocycles. The number of rotatable bonds is 3. The van der Waals surface area contributed by atoms with E-state index >= 15 is 0 Å². The number of hydrogen-bond donors (Lipinski definition) is 2. The van der Waals surface area contributed by atoms with E-state index in [1.54, 1.807) is 13.0 Å². The van der Waals surface area contributed by atoms with Crippen molar-refractivity contribution in [2.24, 2.45) is 5.41 Å². The molecule has 1 unspecified atom stereocenters. The summed E-state index contributed by atoms with van der Waals surface area (Å²) in [5.74, 6) is 0.495. The molecular formula is C12H20ClN3O2. The van der Waals surface area contributed by atoms with Crippen LogP contribution in [0.3, 0.4) is 0 Å². The molecule has 0 saturated carbocycles. The van der Waals surface area contributed by atoms with Gasteiger partial charge in [-0.05, 0) is 31.7 Å². The van der Waals surface area contributed by atoms with E-state index in [0.717, 1.165) is 25.9 Å². The Labute approximate surface area is 113 Å². The number of aryl methyl sites for hydroxylation is 1. The Hall–Kier alpha value is -1.07. The number of carbonyl (C=O) groups excluding carboxylic acids is 1. The van der Waals surface area contributed by atoms with Crippen LogP contribution in [-0.2, 0) is 0 Å². The highest BCUT2D eigenvalue weighted by atomic mass is 35.5. The van der Waals surface area contributed by atoms with Crippen LogP contribution in [0.5, 0.6) is 0 Å². The van der Waals surface area contributed by atoms with Gasteiger partial charge in [-0.1, -0.05) is 12.1 Å². The highest BCUT2D eigenvalue weighted by Crippen LogP contribution is 2.24. The van der Waals surface area contributed by atoms with E-state index in [1.807, 2.05) is 0 Å². The van der Waals surface area contributed by atoms with Crippen molar-refractivity contribution in [3.63, 3.8) is 0 Å². The molecule has 1 aromatic heterocycles. The molecule has 5 nitrogen and oxygen atoms in total. The van der Waals surface area contributed by atoms with Gasteiger partial charge in [-0.3, -0.25) is 4.79 Å². The molecule has 2 N–H and O–H groups in total. The van der Waals surface area contributed by atoms with Crippen molar-refractivity contribution in [3.8, 4) is 0 Å². The van der Waals surface area contributed by atoms with Gasteiger partial charge >= 0.3 is 0 Å². The number of piperidine rings is 1. The maximum Gasteiger partial charge on any atom is 0.273 e. The third-order valence-corrected chi connectivity index (χ3v) is 3.22. The fourth-order valence-electron chi connectivity index (χ4n) is 2.13. The first-order valence-electron chi connectivity index (χ1n) is 6.01. The number of halogens is 1. The molecule has 1 saturated heterocycles. The van der Waals surface area contributed by atoms with E-state index in [0.29, 0.717) is 18.0 Å². The van der Waals surface area contributed by atoms with Gasteiger partial charge in [-0.15, -0.1) is 12.4 Å². The third-order valence-electron chi connectivity index (χ3n) is 3.22. The summed E-state index contributed by atoms with van der Waals surface area (Å²) in [6.45, 7) is 6.66. The summed E-state index contributed by atoms with van der Waals surface area (Å²) >= 11 is 0. The first-order valence-corrected chi connectivity index (χ1v) is 6.01. The van der Waals surface area contributed by atoms with Crippen LogP contribution in [-0.4, -0.2) is 30.7 Å². The molecule has 1 fully saturated rings. The summed E-state index contributed by atoms with van der Waals surface area (Å²) in [6.07, 6.45) is 2.30. The van der Waals surface area contributed by atoms with Gasteiger partial charge in [0, 0.05) is 19.2 Å². The Morgan fingerprint density at radius 2 is 2.44 bits per heavy atom. The predicted molar refractivity (Wildman–Crippen MR) is 71.0 cm³/mol. The minimum atomic E-state index is -0.159. The Balaban J connectivity index is 0.00000162. The van der Waals surface area contributed by atoms with Crippen LogP contribution in [0, 0.1) is 12.3 Å². The zero-order valence-corrected chi connectivity index (χ0v) is 11.6. The van der Waals surface area contributed by atoms with E-state index in [9.17, 15) is 4.79 Å². The van der Waals surface area contributed by atoms with Gasteiger partial charge in [0.25, 0.3) is 5.91 Å². The van der Waals surface area contributed by atoms with E-state index < -0.39 is 0 Å². The molecule has 1 aliphatic heterocycles. The summed E-state index contributed by atoms with van der Waals surface area (Å²) < 4.78 is 4.88. The SMILES string of the molecule is Cc1cc(C(=O)NCC2(C)CCCNC2)no1.Cl. The Morgan fingerprint density at radius 1 is 1.67 bits per heavy atom. The molecule has 1 aromatic rings. The number of nitrogens with zero attached hydrogens (tertiary/aromatic N) is 1. The minimum Gasteiger partial charge on any atom is -0.361 e. The fourth-order valence-corrected chi connectivity index (χ4v) is 2.13. The summed E-state index contributed by atoms with van der Waals surface area (Å²) in [5.41, 5.74) is 0.502.